The maximum absolute atomic E-state index is 12.5. The Morgan fingerprint density at radius 1 is 1.27 bits per heavy atom. The van der Waals surface area contributed by atoms with Crippen LogP contribution in [0.3, 0.4) is 0 Å². The second kappa shape index (κ2) is 14.5. The zero-order chi connectivity index (χ0) is 26.8. The summed E-state index contributed by atoms with van der Waals surface area (Å²) >= 11 is 1.71. The van der Waals surface area contributed by atoms with Crippen molar-refractivity contribution in [3.8, 4) is 0 Å². The van der Waals surface area contributed by atoms with Crippen molar-refractivity contribution in [1.82, 2.24) is 5.32 Å². The number of hydrogen-bond acceptors (Lipinski definition) is 7. The maximum atomic E-state index is 12.5. The standard InChI is InChI=1S/C29H45NO6S/c1-20(8-11-24-18-29(19-34-29)14-15-33-24)9-12-26-21(2)17-25(23(4)36-26)30-27(31)13-10-22(3)35-28(32)7-6-16-37-5/h8-11,13,21-26H,6-7,12,14-19H2,1-5H3,(H,30,31)/b11-8+,13-10-,20-9+. The number of carbonyl (C=O) groups excluding carboxylic acids is 2. The molecule has 7 unspecified atom stereocenters. The molecule has 0 aromatic heterocycles. The molecule has 1 amide bonds. The highest BCUT2D eigenvalue weighted by Gasteiger charge is 2.48. The molecule has 1 spiro atoms. The van der Waals surface area contributed by atoms with E-state index in [1.54, 1.807) is 24.8 Å². The first kappa shape index (κ1) is 29.9. The molecule has 3 fully saturated rings. The highest BCUT2D eigenvalue weighted by Crippen LogP contribution is 2.39. The molecule has 3 aliphatic heterocycles. The van der Waals surface area contributed by atoms with Crippen molar-refractivity contribution in [3.05, 3.63) is 36.0 Å². The number of amides is 1. The molecular formula is C29H45NO6S. The molecule has 3 heterocycles. The molecule has 3 rings (SSSR count). The van der Waals surface area contributed by atoms with Gasteiger partial charge >= 0.3 is 5.97 Å². The summed E-state index contributed by atoms with van der Waals surface area (Å²) in [4.78, 5) is 24.3. The van der Waals surface area contributed by atoms with Crippen LogP contribution in [0.1, 0.15) is 66.2 Å². The van der Waals surface area contributed by atoms with Crippen LogP contribution >= 0.6 is 11.8 Å². The predicted octanol–water partition coefficient (Wildman–Crippen LogP) is 4.76. The third-order valence-electron chi connectivity index (χ3n) is 7.37. The number of esters is 1. The summed E-state index contributed by atoms with van der Waals surface area (Å²) in [6.07, 6.45) is 16.2. The van der Waals surface area contributed by atoms with Crippen molar-refractivity contribution in [3.63, 3.8) is 0 Å². The maximum Gasteiger partial charge on any atom is 0.306 e. The molecule has 37 heavy (non-hydrogen) atoms. The highest BCUT2D eigenvalue weighted by atomic mass is 32.2. The van der Waals surface area contributed by atoms with Gasteiger partial charge < -0.3 is 24.3 Å². The van der Waals surface area contributed by atoms with Gasteiger partial charge in [0.2, 0.25) is 5.91 Å². The zero-order valence-corrected chi connectivity index (χ0v) is 23.9. The number of carbonyl (C=O) groups is 2. The fraction of sp³-hybridized carbons (Fsp3) is 0.724. The Bertz CT molecular complexity index is 851. The van der Waals surface area contributed by atoms with Gasteiger partial charge in [0.1, 0.15) is 6.10 Å². The Kier molecular flexibility index (Phi) is 11.7. The summed E-state index contributed by atoms with van der Waals surface area (Å²) in [7, 11) is 0. The molecule has 0 bridgehead atoms. The lowest BCUT2D eigenvalue weighted by atomic mass is 9.88. The van der Waals surface area contributed by atoms with E-state index >= 15 is 0 Å². The monoisotopic (exact) mass is 535 g/mol. The quantitative estimate of drug-likeness (QED) is 0.127. The van der Waals surface area contributed by atoms with Crippen LogP contribution in [0, 0.1) is 5.92 Å². The van der Waals surface area contributed by atoms with E-state index in [0.29, 0.717) is 12.3 Å². The molecule has 7 atom stereocenters. The van der Waals surface area contributed by atoms with Crippen molar-refractivity contribution >= 4 is 23.6 Å². The molecule has 0 aromatic carbocycles. The van der Waals surface area contributed by atoms with Crippen LogP contribution in [0.2, 0.25) is 0 Å². The summed E-state index contributed by atoms with van der Waals surface area (Å²) in [5.41, 5.74) is 1.29. The largest absolute Gasteiger partial charge is 0.458 e. The Morgan fingerprint density at radius 2 is 2.05 bits per heavy atom. The molecule has 0 saturated carbocycles. The van der Waals surface area contributed by atoms with Crippen LogP contribution in [0.5, 0.6) is 0 Å². The lowest BCUT2D eigenvalue weighted by molar-refractivity contribution is -0.146. The summed E-state index contributed by atoms with van der Waals surface area (Å²) < 4.78 is 23.1. The lowest BCUT2D eigenvalue weighted by Crippen LogP contribution is -2.50. The van der Waals surface area contributed by atoms with E-state index in [4.69, 9.17) is 18.9 Å². The number of thioether (sulfide) groups is 1. The number of epoxide rings is 1. The van der Waals surface area contributed by atoms with Gasteiger partial charge in [-0.1, -0.05) is 30.7 Å². The van der Waals surface area contributed by atoms with E-state index in [1.165, 1.54) is 11.6 Å². The normalized spacial score (nSPS) is 33.1. The Morgan fingerprint density at radius 3 is 2.78 bits per heavy atom. The number of allylic oxidation sites excluding steroid dienone is 2. The van der Waals surface area contributed by atoms with Crippen LogP contribution < -0.4 is 5.32 Å². The molecule has 0 aliphatic carbocycles. The topological polar surface area (TPSA) is 86.4 Å². The van der Waals surface area contributed by atoms with E-state index in [1.807, 2.05) is 13.2 Å². The fourth-order valence-electron chi connectivity index (χ4n) is 4.87. The molecule has 3 aliphatic rings. The van der Waals surface area contributed by atoms with Crippen molar-refractivity contribution in [1.29, 1.82) is 0 Å². The van der Waals surface area contributed by atoms with Crippen LogP contribution in [-0.2, 0) is 28.5 Å². The molecule has 0 aromatic rings. The number of ether oxygens (including phenoxy) is 4. The van der Waals surface area contributed by atoms with Gasteiger partial charge in [-0.05, 0) is 64.0 Å². The van der Waals surface area contributed by atoms with E-state index in [9.17, 15) is 9.59 Å². The molecule has 208 valence electrons. The summed E-state index contributed by atoms with van der Waals surface area (Å²) in [5, 5.41) is 3.06. The zero-order valence-electron chi connectivity index (χ0n) is 23.1. The van der Waals surface area contributed by atoms with E-state index < -0.39 is 6.10 Å². The fourth-order valence-corrected chi connectivity index (χ4v) is 5.31. The first-order valence-corrected chi connectivity index (χ1v) is 15.0. The first-order valence-electron chi connectivity index (χ1n) is 13.6. The van der Waals surface area contributed by atoms with Crippen LogP contribution in [-0.4, -0.2) is 73.2 Å². The number of hydrogen-bond donors (Lipinski definition) is 1. The Labute approximate surface area is 226 Å². The second-order valence-corrected chi connectivity index (χ2v) is 11.7. The smallest absolute Gasteiger partial charge is 0.306 e. The number of rotatable bonds is 12. The third kappa shape index (κ3) is 10.2. The van der Waals surface area contributed by atoms with E-state index in [0.717, 1.165) is 51.1 Å². The van der Waals surface area contributed by atoms with Crippen molar-refractivity contribution in [2.45, 2.75) is 102 Å². The van der Waals surface area contributed by atoms with Gasteiger partial charge in [0.25, 0.3) is 0 Å². The summed E-state index contributed by atoms with van der Waals surface area (Å²) in [6, 6.07) is -0.0572. The summed E-state index contributed by atoms with van der Waals surface area (Å²) in [6.45, 7) is 9.70. The second-order valence-electron chi connectivity index (χ2n) is 10.7. The van der Waals surface area contributed by atoms with E-state index in [-0.39, 0.29) is 41.8 Å². The van der Waals surface area contributed by atoms with Crippen molar-refractivity contribution in [2.24, 2.45) is 5.92 Å². The molecule has 3 saturated heterocycles. The van der Waals surface area contributed by atoms with Gasteiger partial charge in [-0.15, -0.1) is 0 Å². The Hall–Kier alpha value is -1.61. The van der Waals surface area contributed by atoms with Crippen molar-refractivity contribution in [2.75, 3.05) is 25.2 Å². The average molecular weight is 536 g/mol. The molecule has 7 nitrogen and oxygen atoms in total. The van der Waals surface area contributed by atoms with Crippen LogP contribution in [0.15, 0.2) is 36.0 Å². The van der Waals surface area contributed by atoms with E-state index in [2.05, 4.69) is 37.4 Å². The first-order chi connectivity index (χ1) is 17.7. The minimum absolute atomic E-state index is 0.0572. The lowest BCUT2D eigenvalue weighted by Gasteiger charge is -2.39. The van der Waals surface area contributed by atoms with Crippen LogP contribution in [0.25, 0.3) is 0 Å². The Balaban J connectivity index is 1.38. The van der Waals surface area contributed by atoms with Crippen molar-refractivity contribution < 1.29 is 28.5 Å². The van der Waals surface area contributed by atoms with Gasteiger partial charge in [-0.2, -0.15) is 11.8 Å². The van der Waals surface area contributed by atoms with Gasteiger partial charge in [0.05, 0.1) is 43.2 Å². The summed E-state index contributed by atoms with van der Waals surface area (Å²) in [5.74, 6) is 0.820. The average Bonchev–Trinajstić information content (AvgIpc) is 3.60. The SMILES string of the molecule is CSCCCC(=O)OC(C)/C=C\C(=O)NC1CC(C)C(C/C=C(C)/C=C/C2CC3(CCO2)CO3)OC1C. The van der Waals surface area contributed by atoms with Gasteiger partial charge in [0.15, 0.2) is 0 Å². The molecule has 0 radical (unpaired) electrons. The minimum Gasteiger partial charge on any atom is -0.458 e. The molecular weight excluding hydrogens is 490 g/mol. The van der Waals surface area contributed by atoms with Gasteiger partial charge in [-0.25, -0.2) is 0 Å². The predicted molar refractivity (Wildman–Crippen MR) is 148 cm³/mol. The number of nitrogens with one attached hydrogen (secondary N) is 1. The van der Waals surface area contributed by atoms with Gasteiger partial charge in [-0.3, -0.25) is 9.59 Å². The molecule has 1 N–H and O–H groups in total. The minimum atomic E-state index is -0.437. The van der Waals surface area contributed by atoms with Gasteiger partial charge in [0, 0.05) is 25.3 Å². The highest BCUT2D eigenvalue weighted by molar-refractivity contribution is 7.98. The van der Waals surface area contributed by atoms with Crippen LogP contribution in [0.4, 0.5) is 0 Å². The molecule has 8 heteroatoms. The third-order valence-corrected chi connectivity index (χ3v) is 8.07.